The van der Waals surface area contributed by atoms with E-state index in [0.29, 0.717) is 0 Å². The Morgan fingerprint density at radius 2 is 1.49 bits per heavy atom. The largest absolute Gasteiger partial charge is 0.512 e. The number of benzene rings is 4. The van der Waals surface area contributed by atoms with Gasteiger partial charge in [0.15, 0.2) is 12.5 Å². The Labute approximate surface area is 250 Å². The number of allylic oxidation sites excluding steroid dienone is 2. The maximum Gasteiger partial charge on any atom is 0.195 e. The maximum atomic E-state index is 10.0. The van der Waals surface area contributed by atoms with Gasteiger partial charge < -0.3 is 5.11 Å². The molecule has 4 aromatic carbocycles. The summed E-state index contributed by atoms with van der Waals surface area (Å²) < 4.78 is 0. The third-order valence-corrected chi connectivity index (χ3v) is 8.77. The molecular formula is C32H23BIrNO2S2-. The van der Waals surface area contributed by atoms with Crippen LogP contribution in [0, 0.1) is 6.07 Å². The monoisotopic (exact) mass is 721 g/mol. The summed E-state index contributed by atoms with van der Waals surface area (Å²) in [5, 5.41) is 9.53. The van der Waals surface area contributed by atoms with Crippen LogP contribution in [-0.4, -0.2) is 22.6 Å². The molecule has 0 atom stereocenters. The van der Waals surface area contributed by atoms with E-state index in [9.17, 15) is 4.79 Å². The molecule has 0 amide bonds. The fourth-order valence-corrected chi connectivity index (χ4v) is 7.39. The van der Waals surface area contributed by atoms with Gasteiger partial charge in [0.2, 0.25) is 0 Å². The summed E-state index contributed by atoms with van der Waals surface area (Å²) in [7, 11) is 0. The van der Waals surface area contributed by atoms with Crippen molar-refractivity contribution in [2.75, 3.05) is 0 Å². The number of ketones is 1. The number of hydrogen-bond donors (Lipinski definition) is 1. The molecular weight excluding hydrogens is 698 g/mol. The van der Waals surface area contributed by atoms with E-state index in [1.165, 1.54) is 55.9 Å². The van der Waals surface area contributed by atoms with Gasteiger partial charge >= 0.3 is 0 Å². The Bertz CT molecular complexity index is 1680. The minimum Gasteiger partial charge on any atom is -0.512 e. The fraction of sp³-hybridized carbons (Fsp3) is 0.0625. The van der Waals surface area contributed by atoms with Crippen molar-refractivity contribution in [3.63, 3.8) is 0 Å². The topological polar surface area (TPSA) is 50.2 Å². The molecule has 3 nitrogen and oxygen atoms in total. The summed E-state index contributed by atoms with van der Waals surface area (Å²) in [6.07, 6.45) is 1.17. The van der Waals surface area contributed by atoms with Crippen LogP contribution in [0.4, 0.5) is 0 Å². The van der Waals surface area contributed by atoms with Gasteiger partial charge in [0.25, 0.3) is 0 Å². The molecule has 0 unspecified atom stereocenters. The second-order valence-corrected chi connectivity index (χ2v) is 11.4. The van der Waals surface area contributed by atoms with Gasteiger partial charge in [-0.1, -0.05) is 87.4 Å². The van der Waals surface area contributed by atoms with E-state index in [4.69, 9.17) is 10.1 Å². The summed E-state index contributed by atoms with van der Waals surface area (Å²) in [5.41, 5.74) is 7.27. The van der Waals surface area contributed by atoms with E-state index >= 15 is 0 Å². The van der Waals surface area contributed by atoms with Crippen LogP contribution in [0.3, 0.4) is 0 Å². The van der Waals surface area contributed by atoms with Gasteiger partial charge in [-0.25, -0.2) is 0 Å². The summed E-state index contributed by atoms with van der Waals surface area (Å²) in [4.78, 5) is 20.2. The Hall–Kier alpha value is -3.09. The number of aromatic nitrogens is 1. The molecule has 2 aliphatic heterocycles. The van der Waals surface area contributed by atoms with Gasteiger partial charge in [-0.2, -0.15) is 0 Å². The zero-order valence-electron chi connectivity index (χ0n) is 21.3. The number of aliphatic hydroxyl groups is 1. The molecule has 39 heavy (non-hydrogen) atoms. The molecule has 2 aliphatic rings. The van der Waals surface area contributed by atoms with E-state index in [1.54, 1.807) is 0 Å². The normalized spacial score (nSPS) is 12.8. The Balaban J connectivity index is 0.000000345. The van der Waals surface area contributed by atoms with Gasteiger partial charge in [0.05, 0.1) is 11.3 Å². The average Bonchev–Trinajstić information content (AvgIpc) is 2.92. The smallest absolute Gasteiger partial charge is 0.195 e. The number of fused-ring (bicyclic) bond motifs is 5. The second-order valence-electron chi connectivity index (χ2n) is 9.29. The molecule has 3 heterocycles. The van der Waals surface area contributed by atoms with E-state index in [1.807, 2.05) is 29.6 Å². The van der Waals surface area contributed by atoms with Gasteiger partial charge in [-0.05, 0) is 43.1 Å². The number of carbonyl (C=O) groups excluding carboxylic acids is 1. The molecule has 1 radical (unpaired) electrons. The van der Waals surface area contributed by atoms with Crippen LogP contribution < -0.4 is 16.4 Å². The number of carbonyl (C=O) groups is 1. The van der Waals surface area contributed by atoms with Crippen LogP contribution in [0.5, 0.6) is 0 Å². The van der Waals surface area contributed by atoms with Crippen molar-refractivity contribution in [1.29, 1.82) is 0 Å². The molecule has 0 spiro atoms. The van der Waals surface area contributed by atoms with Crippen molar-refractivity contribution in [3.05, 3.63) is 109 Å². The molecule has 0 saturated carbocycles. The first-order valence-electron chi connectivity index (χ1n) is 12.4. The SMILES string of the molecule is CC(=O)/C=C(/C)O.[Ir].[c-]1c(-c2ccc3ccccc3n2)cc2c3c1Sc1ccccc1B3c1ccccc1S2. The molecule has 193 valence electrons. The van der Waals surface area contributed by atoms with Crippen LogP contribution in [0.1, 0.15) is 13.8 Å². The molecule has 7 rings (SSSR count). The third kappa shape index (κ3) is 5.50. The van der Waals surface area contributed by atoms with E-state index in [0.717, 1.165) is 22.2 Å². The molecule has 0 fully saturated rings. The molecule has 5 aromatic rings. The Morgan fingerprint density at radius 1 is 0.846 bits per heavy atom. The van der Waals surface area contributed by atoms with Gasteiger partial charge in [0.1, 0.15) is 0 Å². The minimum atomic E-state index is -0.125. The first-order chi connectivity index (χ1) is 18.5. The van der Waals surface area contributed by atoms with Crippen LogP contribution >= 0.6 is 23.5 Å². The molecule has 0 aliphatic carbocycles. The number of para-hydroxylation sites is 1. The quantitative estimate of drug-likeness (QED) is 0.100. The second kappa shape index (κ2) is 11.6. The van der Waals surface area contributed by atoms with E-state index in [2.05, 4.69) is 91.0 Å². The maximum absolute atomic E-state index is 10.0. The van der Waals surface area contributed by atoms with E-state index < -0.39 is 0 Å². The minimum absolute atomic E-state index is 0. The number of aliphatic hydroxyl groups excluding tert-OH is 1. The first-order valence-corrected chi connectivity index (χ1v) is 14.0. The average molecular weight is 721 g/mol. The molecule has 7 heteroatoms. The van der Waals surface area contributed by atoms with Crippen LogP contribution in [0.15, 0.2) is 122 Å². The van der Waals surface area contributed by atoms with Crippen molar-refractivity contribution >= 4 is 63.3 Å². The van der Waals surface area contributed by atoms with Gasteiger partial charge in [-0.15, -0.1) is 46.7 Å². The zero-order valence-corrected chi connectivity index (χ0v) is 25.3. The van der Waals surface area contributed by atoms with Gasteiger partial charge in [-0.3, -0.25) is 9.78 Å². The third-order valence-electron chi connectivity index (χ3n) is 6.50. The van der Waals surface area contributed by atoms with Crippen LogP contribution in [-0.2, 0) is 24.9 Å². The molecule has 0 saturated heterocycles. The van der Waals surface area contributed by atoms with Crippen molar-refractivity contribution in [3.8, 4) is 11.3 Å². The Kier molecular flexibility index (Phi) is 8.15. The van der Waals surface area contributed by atoms with Crippen molar-refractivity contribution in [2.45, 2.75) is 33.4 Å². The predicted molar refractivity (Wildman–Crippen MR) is 159 cm³/mol. The number of pyridine rings is 1. The summed E-state index contributed by atoms with van der Waals surface area (Å²) in [5.74, 6) is -0.0625. The van der Waals surface area contributed by atoms with Gasteiger partial charge in [0, 0.05) is 36.0 Å². The summed E-state index contributed by atoms with van der Waals surface area (Å²) in [6, 6.07) is 36.2. The van der Waals surface area contributed by atoms with Crippen LogP contribution in [0.25, 0.3) is 22.2 Å². The molecule has 1 N–H and O–H groups in total. The number of hydrogen-bond acceptors (Lipinski definition) is 5. The van der Waals surface area contributed by atoms with E-state index in [-0.39, 0.29) is 38.4 Å². The number of rotatable bonds is 2. The predicted octanol–water partition coefficient (Wildman–Crippen LogP) is 6.18. The summed E-state index contributed by atoms with van der Waals surface area (Å²) in [6.45, 7) is 3.12. The van der Waals surface area contributed by atoms with Crippen molar-refractivity contribution in [1.82, 2.24) is 4.98 Å². The standard InChI is InChI=1S/C27H15BNS2.C5H8O2.Ir/c1-4-10-21-17(7-1)13-14-22(29-21)18-15-25-27-26(16-18)31-24-12-6-3-9-20(24)28(27)19-8-2-5-11-23(19)30-25;1-4(6)3-5(2)7;/h1-15H;3,6H,1-2H3;/q-1;;/b;4-3-;. The zero-order chi connectivity index (χ0) is 26.2. The summed E-state index contributed by atoms with van der Waals surface area (Å²) >= 11 is 3.72. The van der Waals surface area contributed by atoms with Crippen molar-refractivity contribution < 1.29 is 30.0 Å². The first kappa shape index (κ1) is 27.5. The fourth-order valence-electron chi connectivity index (χ4n) is 4.96. The molecule has 1 aromatic heterocycles. The molecule has 0 bridgehead atoms. The Morgan fingerprint density at radius 3 is 2.15 bits per heavy atom. The van der Waals surface area contributed by atoms with Crippen molar-refractivity contribution in [2.24, 2.45) is 0 Å². The number of nitrogens with zero attached hydrogens (tertiary/aromatic N) is 1. The van der Waals surface area contributed by atoms with Crippen LogP contribution in [0.2, 0.25) is 0 Å².